The molecule has 33 heavy (non-hydrogen) atoms. The Labute approximate surface area is 191 Å². The van der Waals surface area contributed by atoms with Crippen LogP contribution in [0.2, 0.25) is 0 Å². The van der Waals surface area contributed by atoms with Gasteiger partial charge in [0.25, 0.3) is 11.5 Å². The highest BCUT2D eigenvalue weighted by molar-refractivity contribution is 6.04. The SMILES string of the molecule is CN1CCN(C(=O)Cn2cccc(C(=O)Nc3ccc(F)cc3)c2=O)[C@@H](c2ccccc2)C1. The van der Waals surface area contributed by atoms with Crippen LogP contribution in [0.25, 0.3) is 0 Å². The lowest BCUT2D eigenvalue weighted by atomic mass is 10.0. The van der Waals surface area contributed by atoms with E-state index in [1.165, 1.54) is 41.1 Å². The van der Waals surface area contributed by atoms with Crippen molar-refractivity contribution in [2.75, 3.05) is 32.0 Å². The van der Waals surface area contributed by atoms with Crippen LogP contribution in [0.1, 0.15) is 22.0 Å². The van der Waals surface area contributed by atoms with E-state index in [-0.39, 0.29) is 24.1 Å². The third kappa shape index (κ3) is 5.18. The lowest BCUT2D eigenvalue weighted by molar-refractivity contribution is -0.136. The van der Waals surface area contributed by atoms with Crippen molar-refractivity contribution in [3.05, 3.63) is 100 Å². The minimum absolute atomic E-state index is 0.0902. The van der Waals surface area contributed by atoms with Gasteiger partial charge in [0.05, 0.1) is 6.04 Å². The fourth-order valence-corrected chi connectivity index (χ4v) is 3.98. The third-order valence-corrected chi connectivity index (χ3v) is 5.76. The molecule has 0 aliphatic carbocycles. The van der Waals surface area contributed by atoms with Crippen LogP contribution in [0.3, 0.4) is 0 Å². The number of carbonyl (C=O) groups is 2. The summed E-state index contributed by atoms with van der Waals surface area (Å²) in [4.78, 5) is 42.8. The molecule has 0 saturated carbocycles. The summed E-state index contributed by atoms with van der Waals surface area (Å²) >= 11 is 0. The van der Waals surface area contributed by atoms with Crippen molar-refractivity contribution >= 4 is 17.5 Å². The number of halogens is 1. The number of piperazine rings is 1. The second kappa shape index (κ2) is 9.79. The zero-order valence-corrected chi connectivity index (χ0v) is 18.3. The summed E-state index contributed by atoms with van der Waals surface area (Å²) in [6.45, 7) is 1.83. The van der Waals surface area contributed by atoms with Crippen molar-refractivity contribution < 1.29 is 14.0 Å². The summed E-state index contributed by atoms with van der Waals surface area (Å²) in [7, 11) is 2.02. The smallest absolute Gasteiger partial charge is 0.263 e. The number of pyridine rings is 1. The summed E-state index contributed by atoms with van der Waals surface area (Å²) in [5.74, 6) is -1.23. The van der Waals surface area contributed by atoms with E-state index in [1.54, 1.807) is 11.0 Å². The largest absolute Gasteiger partial charge is 0.332 e. The Morgan fingerprint density at radius 2 is 1.73 bits per heavy atom. The summed E-state index contributed by atoms with van der Waals surface area (Å²) in [5, 5.41) is 2.58. The average Bonchev–Trinajstić information content (AvgIpc) is 2.82. The van der Waals surface area contributed by atoms with Gasteiger partial charge >= 0.3 is 0 Å². The van der Waals surface area contributed by atoms with Gasteiger partial charge in [0, 0.05) is 31.5 Å². The van der Waals surface area contributed by atoms with Gasteiger partial charge < -0.3 is 19.7 Å². The predicted molar refractivity (Wildman–Crippen MR) is 123 cm³/mol. The van der Waals surface area contributed by atoms with Gasteiger partial charge in [-0.1, -0.05) is 30.3 Å². The van der Waals surface area contributed by atoms with Gasteiger partial charge in [0.15, 0.2) is 0 Å². The first-order valence-corrected chi connectivity index (χ1v) is 10.7. The number of anilines is 1. The maximum Gasteiger partial charge on any atom is 0.263 e. The minimum Gasteiger partial charge on any atom is -0.332 e. The number of rotatable bonds is 5. The zero-order chi connectivity index (χ0) is 23.4. The summed E-state index contributed by atoms with van der Waals surface area (Å²) in [6, 6.07) is 17.9. The number of nitrogens with one attached hydrogen (secondary N) is 1. The molecule has 1 atom stereocenters. The predicted octanol–water partition coefficient (Wildman–Crippen LogP) is 2.76. The van der Waals surface area contributed by atoms with Gasteiger partial charge in [0.1, 0.15) is 17.9 Å². The Balaban J connectivity index is 1.52. The lowest BCUT2D eigenvalue weighted by Crippen LogP contribution is -2.50. The van der Waals surface area contributed by atoms with Gasteiger partial charge in [-0.25, -0.2) is 4.39 Å². The minimum atomic E-state index is -0.616. The maximum atomic E-state index is 13.2. The molecule has 170 valence electrons. The van der Waals surface area contributed by atoms with Crippen LogP contribution in [0, 0.1) is 5.82 Å². The van der Waals surface area contributed by atoms with Gasteiger partial charge in [-0.2, -0.15) is 0 Å². The Bertz CT molecular complexity index is 1190. The highest BCUT2D eigenvalue weighted by atomic mass is 19.1. The number of nitrogens with zero attached hydrogens (tertiary/aromatic N) is 3. The molecule has 1 saturated heterocycles. The molecule has 0 radical (unpaired) electrons. The second-order valence-electron chi connectivity index (χ2n) is 8.09. The fraction of sp³-hybridized carbons (Fsp3) is 0.240. The Morgan fingerprint density at radius 3 is 2.45 bits per heavy atom. The van der Waals surface area contributed by atoms with Crippen LogP contribution in [-0.4, -0.2) is 52.9 Å². The Hall–Kier alpha value is -3.78. The number of aromatic nitrogens is 1. The third-order valence-electron chi connectivity index (χ3n) is 5.76. The monoisotopic (exact) mass is 448 g/mol. The van der Waals surface area contributed by atoms with Crippen LogP contribution < -0.4 is 10.9 Å². The lowest BCUT2D eigenvalue weighted by Gasteiger charge is -2.40. The van der Waals surface area contributed by atoms with Crippen LogP contribution in [-0.2, 0) is 11.3 Å². The first-order valence-electron chi connectivity index (χ1n) is 10.7. The van der Waals surface area contributed by atoms with Crippen molar-refractivity contribution in [2.24, 2.45) is 0 Å². The molecule has 1 aliphatic heterocycles. The standard InChI is InChI=1S/C25H25FN4O3/c1-28-14-15-30(22(16-28)18-6-3-2-4-7-18)23(31)17-29-13-5-8-21(25(29)33)24(32)27-20-11-9-19(26)10-12-20/h2-13,22H,14-17H2,1H3,(H,27,32)/t22-/m1/s1. The van der Waals surface area contributed by atoms with Gasteiger partial charge in [0.2, 0.25) is 5.91 Å². The molecule has 8 heteroatoms. The van der Waals surface area contributed by atoms with E-state index in [0.717, 1.165) is 12.1 Å². The normalized spacial score (nSPS) is 16.4. The first kappa shape index (κ1) is 22.4. The number of amides is 2. The van der Waals surface area contributed by atoms with E-state index in [0.29, 0.717) is 18.8 Å². The number of likely N-dealkylation sites (N-methyl/N-ethyl adjacent to an activating group) is 1. The molecule has 7 nitrogen and oxygen atoms in total. The van der Waals surface area contributed by atoms with Crippen molar-refractivity contribution in [3.63, 3.8) is 0 Å². The van der Waals surface area contributed by atoms with Crippen molar-refractivity contribution in [1.82, 2.24) is 14.4 Å². The number of benzene rings is 2. The van der Waals surface area contributed by atoms with Gasteiger partial charge in [-0.05, 0) is 49.0 Å². The molecule has 1 N–H and O–H groups in total. The summed E-state index contributed by atoms with van der Waals surface area (Å²) in [5.41, 5.74) is 0.760. The topological polar surface area (TPSA) is 74.7 Å². The highest BCUT2D eigenvalue weighted by Gasteiger charge is 2.30. The molecule has 0 bridgehead atoms. The maximum absolute atomic E-state index is 13.2. The van der Waals surface area contributed by atoms with E-state index >= 15 is 0 Å². The molecular weight excluding hydrogens is 423 g/mol. The molecular formula is C25H25FN4O3. The summed E-state index contributed by atoms with van der Waals surface area (Å²) in [6.07, 6.45) is 1.50. The second-order valence-corrected chi connectivity index (χ2v) is 8.09. The highest BCUT2D eigenvalue weighted by Crippen LogP contribution is 2.25. The summed E-state index contributed by atoms with van der Waals surface area (Å²) < 4.78 is 14.3. The molecule has 1 aliphatic rings. The Morgan fingerprint density at radius 1 is 1.00 bits per heavy atom. The number of carbonyl (C=O) groups excluding carboxylic acids is 2. The van der Waals surface area contributed by atoms with Crippen LogP contribution >= 0.6 is 0 Å². The molecule has 2 aromatic carbocycles. The molecule has 3 aromatic rings. The fourth-order valence-electron chi connectivity index (χ4n) is 3.98. The Kier molecular flexibility index (Phi) is 6.65. The van der Waals surface area contributed by atoms with E-state index in [9.17, 15) is 18.8 Å². The quantitative estimate of drug-likeness (QED) is 0.652. The average molecular weight is 448 g/mol. The van der Waals surface area contributed by atoms with Crippen molar-refractivity contribution in [2.45, 2.75) is 12.6 Å². The van der Waals surface area contributed by atoms with Gasteiger partial charge in [-0.15, -0.1) is 0 Å². The van der Waals surface area contributed by atoms with E-state index in [2.05, 4.69) is 10.2 Å². The van der Waals surface area contributed by atoms with Crippen LogP contribution in [0.5, 0.6) is 0 Å². The van der Waals surface area contributed by atoms with Gasteiger partial charge in [-0.3, -0.25) is 14.4 Å². The molecule has 2 amide bonds. The van der Waals surface area contributed by atoms with Crippen molar-refractivity contribution in [1.29, 1.82) is 0 Å². The van der Waals surface area contributed by atoms with E-state index in [1.807, 2.05) is 37.4 Å². The van der Waals surface area contributed by atoms with E-state index in [4.69, 9.17) is 0 Å². The molecule has 1 aromatic heterocycles. The zero-order valence-electron chi connectivity index (χ0n) is 18.3. The molecule has 0 unspecified atom stereocenters. The van der Waals surface area contributed by atoms with Crippen molar-refractivity contribution in [3.8, 4) is 0 Å². The van der Waals surface area contributed by atoms with Crippen LogP contribution in [0.15, 0.2) is 77.7 Å². The first-order chi connectivity index (χ1) is 15.9. The molecule has 1 fully saturated rings. The van der Waals surface area contributed by atoms with Crippen LogP contribution in [0.4, 0.5) is 10.1 Å². The van der Waals surface area contributed by atoms with E-state index < -0.39 is 17.3 Å². The molecule has 2 heterocycles. The number of hydrogen-bond donors (Lipinski definition) is 1. The molecule has 0 spiro atoms. The molecule has 4 rings (SSSR count). The number of hydrogen-bond acceptors (Lipinski definition) is 4.